The number of nitro benzene ring substituents is 1. The maximum Gasteiger partial charge on any atom is 0.323 e. The van der Waals surface area contributed by atoms with Crippen LogP contribution in [0.1, 0.15) is 28.9 Å². The van der Waals surface area contributed by atoms with Crippen LogP contribution in [-0.2, 0) is 0 Å². The molecular weight excluding hydrogens is 396 g/mol. The molecule has 0 fully saturated rings. The number of amides is 1. The monoisotopic (exact) mass is 416 g/mol. The third-order valence-corrected chi connectivity index (χ3v) is 5.14. The van der Waals surface area contributed by atoms with Crippen molar-refractivity contribution >= 4 is 28.6 Å². The molecule has 1 heterocycles. The van der Waals surface area contributed by atoms with E-state index in [0.29, 0.717) is 11.5 Å². The molecule has 8 nitrogen and oxygen atoms in total. The van der Waals surface area contributed by atoms with Gasteiger partial charge in [-0.25, -0.2) is 4.98 Å². The minimum Gasteiger partial charge on any atom is -0.490 e. The van der Waals surface area contributed by atoms with Gasteiger partial charge in [-0.05, 0) is 36.8 Å². The zero-order valence-corrected chi connectivity index (χ0v) is 17.0. The van der Waals surface area contributed by atoms with Crippen LogP contribution in [0.25, 0.3) is 11.0 Å². The quantitative estimate of drug-likeness (QED) is 0.359. The minimum atomic E-state index is -0.637. The molecule has 0 saturated heterocycles. The summed E-state index contributed by atoms with van der Waals surface area (Å²) in [5.74, 6) is -0.314. The molecule has 4 rings (SSSR count). The van der Waals surface area contributed by atoms with Crippen LogP contribution in [0.5, 0.6) is 5.75 Å². The van der Waals surface area contributed by atoms with E-state index in [1.54, 1.807) is 0 Å². The molecule has 0 saturated carbocycles. The topological polar surface area (TPSA) is 99.3 Å². The van der Waals surface area contributed by atoms with Crippen molar-refractivity contribution in [2.75, 3.05) is 12.4 Å². The van der Waals surface area contributed by atoms with Gasteiger partial charge in [0, 0.05) is 0 Å². The molecule has 1 amide bonds. The molecule has 0 radical (unpaired) electrons. The normalized spacial score (nSPS) is 11.8. The van der Waals surface area contributed by atoms with Crippen LogP contribution in [0.2, 0.25) is 0 Å². The van der Waals surface area contributed by atoms with Crippen molar-refractivity contribution < 1.29 is 14.5 Å². The van der Waals surface area contributed by atoms with Crippen molar-refractivity contribution in [3.05, 3.63) is 94.0 Å². The van der Waals surface area contributed by atoms with E-state index in [4.69, 9.17) is 4.74 Å². The van der Waals surface area contributed by atoms with Gasteiger partial charge in [-0.15, -0.1) is 0 Å². The first-order valence-corrected chi connectivity index (χ1v) is 9.66. The number of para-hydroxylation sites is 3. The molecule has 0 aliphatic rings. The Bertz CT molecular complexity index is 1270. The number of aromatic nitrogens is 2. The molecule has 31 heavy (non-hydrogen) atoms. The van der Waals surface area contributed by atoms with Crippen molar-refractivity contribution in [2.24, 2.45) is 0 Å². The predicted octanol–water partition coefficient (Wildman–Crippen LogP) is 4.81. The fourth-order valence-corrected chi connectivity index (χ4v) is 3.63. The van der Waals surface area contributed by atoms with Gasteiger partial charge in [-0.3, -0.25) is 20.2 Å². The number of hydrogen-bond acceptors (Lipinski definition) is 5. The zero-order valence-electron chi connectivity index (χ0n) is 17.0. The molecule has 0 aliphatic heterocycles. The first-order valence-electron chi connectivity index (χ1n) is 9.66. The second-order valence-electron chi connectivity index (χ2n) is 6.95. The van der Waals surface area contributed by atoms with Crippen LogP contribution in [-0.4, -0.2) is 27.5 Å². The van der Waals surface area contributed by atoms with Gasteiger partial charge in [0.25, 0.3) is 5.91 Å². The van der Waals surface area contributed by atoms with E-state index in [1.807, 2.05) is 66.1 Å². The maximum atomic E-state index is 13.1. The first kappa shape index (κ1) is 20.1. The number of methoxy groups -OCH3 is 1. The number of benzene rings is 3. The highest BCUT2D eigenvalue weighted by Crippen LogP contribution is 2.32. The fourth-order valence-electron chi connectivity index (χ4n) is 3.63. The summed E-state index contributed by atoms with van der Waals surface area (Å²) in [6.07, 6.45) is 0. The number of imidazole rings is 1. The van der Waals surface area contributed by atoms with Crippen LogP contribution in [0, 0.1) is 10.1 Å². The summed E-state index contributed by atoms with van der Waals surface area (Å²) in [4.78, 5) is 28.6. The van der Waals surface area contributed by atoms with E-state index >= 15 is 0 Å². The minimum absolute atomic E-state index is 0.0174. The third kappa shape index (κ3) is 3.71. The molecular formula is C23H20N4O4. The van der Waals surface area contributed by atoms with Gasteiger partial charge in [-0.2, -0.15) is 0 Å². The predicted molar refractivity (Wildman–Crippen MR) is 118 cm³/mol. The number of hydrogen-bond donors (Lipinski definition) is 1. The van der Waals surface area contributed by atoms with Crippen LogP contribution in [0.3, 0.4) is 0 Å². The molecule has 1 unspecified atom stereocenters. The van der Waals surface area contributed by atoms with E-state index in [9.17, 15) is 14.9 Å². The average molecular weight is 416 g/mol. The SMILES string of the molecule is COc1cccc(C(=O)Nc2nc3ccccc3n2C(C)c2ccccc2)c1[N+](=O)[O-]. The van der Waals surface area contributed by atoms with Gasteiger partial charge < -0.3 is 9.30 Å². The summed E-state index contributed by atoms with van der Waals surface area (Å²) in [5.41, 5.74) is 2.10. The van der Waals surface area contributed by atoms with Gasteiger partial charge in [0.15, 0.2) is 5.75 Å². The Kier molecular flexibility index (Phi) is 5.36. The van der Waals surface area contributed by atoms with E-state index in [2.05, 4.69) is 10.3 Å². The molecule has 3 aromatic carbocycles. The number of rotatable bonds is 6. The first-order chi connectivity index (χ1) is 15.0. The van der Waals surface area contributed by atoms with E-state index in [0.717, 1.165) is 11.1 Å². The highest BCUT2D eigenvalue weighted by atomic mass is 16.6. The Labute approximate surface area is 178 Å². The second kappa shape index (κ2) is 8.27. The summed E-state index contributed by atoms with van der Waals surface area (Å²) in [6, 6.07) is 21.6. The zero-order chi connectivity index (χ0) is 22.0. The highest BCUT2D eigenvalue weighted by Gasteiger charge is 2.27. The van der Waals surface area contributed by atoms with Crippen LogP contribution in [0.4, 0.5) is 11.6 Å². The standard InChI is InChI=1S/C23H20N4O4/c1-15(16-9-4-3-5-10-16)26-19-13-7-6-12-18(19)24-23(26)25-22(28)17-11-8-14-20(31-2)21(17)27(29)30/h3-15H,1-2H3,(H,24,25,28). The fraction of sp³-hybridized carbons (Fsp3) is 0.130. The molecule has 1 aromatic heterocycles. The lowest BCUT2D eigenvalue weighted by Gasteiger charge is -2.18. The van der Waals surface area contributed by atoms with Gasteiger partial charge >= 0.3 is 5.69 Å². The summed E-state index contributed by atoms with van der Waals surface area (Å²) in [6.45, 7) is 2.01. The Morgan fingerprint density at radius 3 is 2.48 bits per heavy atom. The molecule has 1 N–H and O–H groups in total. The van der Waals surface area contributed by atoms with E-state index in [-0.39, 0.29) is 23.0 Å². The van der Waals surface area contributed by atoms with Crippen molar-refractivity contribution in [1.29, 1.82) is 0 Å². The van der Waals surface area contributed by atoms with Crippen LogP contribution in [0.15, 0.2) is 72.8 Å². The maximum absolute atomic E-state index is 13.1. The largest absolute Gasteiger partial charge is 0.490 e. The van der Waals surface area contributed by atoms with Gasteiger partial charge in [-0.1, -0.05) is 48.5 Å². The van der Waals surface area contributed by atoms with Crippen molar-refractivity contribution in [2.45, 2.75) is 13.0 Å². The number of carbonyl (C=O) groups excluding carboxylic acids is 1. The smallest absolute Gasteiger partial charge is 0.323 e. The highest BCUT2D eigenvalue weighted by molar-refractivity contribution is 6.07. The second-order valence-corrected chi connectivity index (χ2v) is 6.95. The summed E-state index contributed by atoms with van der Waals surface area (Å²) < 4.78 is 6.98. The number of nitrogens with zero attached hydrogens (tertiary/aromatic N) is 3. The van der Waals surface area contributed by atoms with E-state index < -0.39 is 10.8 Å². The summed E-state index contributed by atoms with van der Waals surface area (Å²) in [5, 5.41) is 14.4. The Morgan fingerprint density at radius 1 is 1.06 bits per heavy atom. The third-order valence-electron chi connectivity index (χ3n) is 5.14. The lowest BCUT2D eigenvalue weighted by atomic mass is 10.1. The number of carbonyl (C=O) groups is 1. The Morgan fingerprint density at radius 2 is 1.77 bits per heavy atom. The summed E-state index contributed by atoms with van der Waals surface area (Å²) in [7, 11) is 1.32. The molecule has 8 heteroatoms. The number of nitro groups is 1. The lowest BCUT2D eigenvalue weighted by Crippen LogP contribution is -2.19. The molecule has 156 valence electrons. The molecule has 0 spiro atoms. The Balaban J connectivity index is 1.80. The van der Waals surface area contributed by atoms with Crippen molar-refractivity contribution in [1.82, 2.24) is 9.55 Å². The van der Waals surface area contributed by atoms with Gasteiger partial charge in [0.1, 0.15) is 5.56 Å². The lowest BCUT2D eigenvalue weighted by molar-refractivity contribution is -0.386. The van der Waals surface area contributed by atoms with Crippen molar-refractivity contribution in [3.63, 3.8) is 0 Å². The van der Waals surface area contributed by atoms with Crippen molar-refractivity contribution in [3.8, 4) is 5.75 Å². The van der Waals surface area contributed by atoms with Gasteiger partial charge in [0.05, 0.1) is 29.1 Å². The molecule has 0 aliphatic carbocycles. The average Bonchev–Trinajstić information content (AvgIpc) is 3.16. The van der Waals surface area contributed by atoms with Crippen LogP contribution >= 0.6 is 0 Å². The molecule has 4 aromatic rings. The summed E-state index contributed by atoms with van der Waals surface area (Å²) >= 11 is 0. The van der Waals surface area contributed by atoms with E-state index in [1.165, 1.54) is 25.3 Å². The van der Waals surface area contributed by atoms with Gasteiger partial charge in [0.2, 0.25) is 5.95 Å². The number of nitrogens with one attached hydrogen (secondary N) is 1. The number of anilines is 1. The molecule has 1 atom stereocenters. The number of fused-ring (bicyclic) bond motifs is 1. The Hall–Kier alpha value is -4.20. The molecule has 0 bridgehead atoms. The van der Waals surface area contributed by atoms with Crippen LogP contribution < -0.4 is 10.1 Å². The number of ether oxygens (including phenoxy) is 1.